The van der Waals surface area contributed by atoms with Crippen LogP contribution in [0, 0.1) is 11.7 Å². The van der Waals surface area contributed by atoms with E-state index >= 15 is 0 Å². The lowest BCUT2D eigenvalue weighted by atomic mass is 9.78. The summed E-state index contributed by atoms with van der Waals surface area (Å²) in [7, 11) is 0. The van der Waals surface area contributed by atoms with E-state index in [2.05, 4.69) is 5.48 Å². The predicted octanol–water partition coefficient (Wildman–Crippen LogP) is 1.59. The van der Waals surface area contributed by atoms with Crippen LogP contribution in [0.15, 0.2) is 24.3 Å². The average Bonchev–Trinajstić information content (AvgIpc) is 2.82. The summed E-state index contributed by atoms with van der Waals surface area (Å²) in [6.07, 6.45) is -0.0862. The van der Waals surface area contributed by atoms with Crippen molar-refractivity contribution >= 4 is 0 Å². The second kappa shape index (κ2) is 3.52. The van der Waals surface area contributed by atoms with E-state index in [0.717, 1.165) is 0 Å². The van der Waals surface area contributed by atoms with Crippen molar-refractivity contribution in [3.05, 3.63) is 35.6 Å². The summed E-state index contributed by atoms with van der Waals surface area (Å²) in [4.78, 5) is 5.30. The first-order chi connectivity index (χ1) is 7.75. The van der Waals surface area contributed by atoms with E-state index in [4.69, 9.17) is 9.57 Å². The van der Waals surface area contributed by atoms with Gasteiger partial charge in [-0.3, -0.25) is 0 Å². The molecule has 2 aliphatic heterocycles. The standard InChI is InChI=1S/C12H14FNO2/c1-8-12(9(6-15-8)7-16-14-12)10-4-2-3-5-11(10)13/h2-5,8-9,14H,6-7H2,1H3/t8-,9+,12+/m1/s1. The minimum absolute atomic E-state index is 0.0862. The molecule has 0 amide bonds. The van der Waals surface area contributed by atoms with E-state index in [-0.39, 0.29) is 17.8 Å². The van der Waals surface area contributed by atoms with Crippen LogP contribution >= 0.6 is 0 Å². The molecule has 4 heteroatoms. The van der Waals surface area contributed by atoms with Gasteiger partial charge in [0.25, 0.3) is 0 Å². The van der Waals surface area contributed by atoms with Gasteiger partial charge < -0.3 is 9.57 Å². The zero-order valence-electron chi connectivity index (χ0n) is 9.07. The maximum absolute atomic E-state index is 13.9. The Labute approximate surface area is 93.5 Å². The Morgan fingerprint density at radius 1 is 1.38 bits per heavy atom. The maximum Gasteiger partial charge on any atom is 0.128 e. The summed E-state index contributed by atoms with van der Waals surface area (Å²) in [6.45, 7) is 3.13. The Kier molecular flexibility index (Phi) is 2.24. The molecule has 16 heavy (non-hydrogen) atoms. The molecule has 0 unspecified atom stereocenters. The number of hydrogen-bond donors (Lipinski definition) is 1. The molecule has 0 bridgehead atoms. The van der Waals surface area contributed by atoms with E-state index in [9.17, 15) is 4.39 Å². The number of halogens is 1. The number of nitrogens with one attached hydrogen (secondary N) is 1. The van der Waals surface area contributed by atoms with Crippen molar-refractivity contribution in [2.45, 2.75) is 18.6 Å². The van der Waals surface area contributed by atoms with Gasteiger partial charge in [-0.25, -0.2) is 4.39 Å². The second-order valence-corrected chi connectivity index (χ2v) is 4.43. The molecule has 0 spiro atoms. The third-order valence-electron chi connectivity index (χ3n) is 3.68. The maximum atomic E-state index is 13.9. The van der Waals surface area contributed by atoms with Gasteiger partial charge in [0.15, 0.2) is 0 Å². The third-order valence-corrected chi connectivity index (χ3v) is 3.68. The summed E-state index contributed by atoms with van der Waals surface area (Å²) in [5.74, 6) is -0.0257. The Balaban J connectivity index is 2.13. The highest BCUT2D eigenvalue weighted by molar-refractivity contribution is 5.30. The first kappa shape index (κ1) is 10.2. The van der Waals surface area contributed by atoms with E-state index in [1.807, 2.05) is 13.0 Å². The molecule has 1 aromatic rings. The average molecular weight is 223 g/mol. The molecule has 0 aromatic heterocycles. The summed E-state index contributed by atoms with van der Waals surface area (Å²) in [5, 5.41) is 0. The lowest BCUT2D eigenvalue weighted by Gasteiger charge is -2.31. The molecule has 0 aliphatic carbocycles. The number of hydroxylamine groups is 1. The van der Waals surface area contributed by atoms with Gasteiger partial charge in [0.2, 0.25) is 0 Å². The summed E-state index contributed by atoms with van der Waals surface area (Å²) < 4.78 is 19.5. The summed E-state index contributed by atoms with van der Waals surface area (Å²) >= 11 is 0. The van der Waals surface area contributed by atoms with Crippen molar-refractivity contribution in [2.24, 2.45) is 5.92 Å². The van der Waals surface area contributed by atoms with Crippen LogP contribution in [0.3, 0.4) is 0 Å². The molecule has 2 heterocycles. The molecule has 1 aromatic carbocycles. The van der Waals surface area contributed by atoms with Gasteiger partial charge >= 0.3 is 0 Å². The van der Waals surface area contributed by atoms with Crippen molar-refractivity contribution in [1.29, 1.82) is 0 Å². The molecule has 2 aliphatic rings. The Morgan fingerprint density at radius 3 is 3.00 bits per heavy atom. The Morgan fingerprint density at radius 2 is 2.19 bits per heavy atom. The quantitative estimate of drug-likeness (QED) is 0.784. The van der Waals surface area contributed by atoms with Crippen LogP contribution in [0.4, 0.5) is 4.39 Å². The highest BCUT2D eigenvalue weighted by atomic mass is 19.1. The Hall–Kier alpha value is -0.970. The minimum Gasteiger partial charge on any atom is -0.376 e. The van der Waals surface area contributed by atoms with E-state index in [1.165, 1.54) is 6.07 Å². The number of fused-ring (bicyclic) bond motifs is 1. The van der Waals surface area contributed by atoms with E-state index in [0.29, 0.717) is 18.8 Å². The predicted molar refractivity (Wildman–Crippen MR) is 56.1 cm³/mol. The molecular formula is C12H14FNO2. The number of hydrogen-bond acceptors (Lipinski definition) is 3. The summed E-state index contributed by atoms with van der Waals surface area (Å²) in [5.41, 5.74) is 3.09. The number of ether oxygens (including phenoxy) is 1. The fraction of sp³-hybridized carbons (Fsp3) is 0.500. The molecular weight excluding hydrogens is 209 g/mol. The molecule has 3 rings (SSSR count). The smallest absolute Gasteiger partial charge is 0.128 e. The van der Waals surface area contributed by atoms with Crippen LogP contribution in [0.25, 0.3) is 0 Å². The first-order valence-corrected chi connectivity index (χ1v) is 5.50. The van der Waals surface area contributed by atoms with Crippen LogP contribution in [-0.4, -0.2) is 19.3 Å². The molecule has 0 saturated carbocycles. The van der Waals surface area contributed by atoms with Crippen molar-refractivity contribution in [3.63, 3.8) is 0 Å². The van der Waals surface area contributed by atoms with Crippen LogP contribution in [0.1, 0.15) is 12.5 Å². The molecule has 2 saturated heterocycles. The summed E-state index contributed by atoms with van der Waals surface area (Å²) in [6, 6.07) is 6.82. The topological polar surface area (TPSA) is 30.5 Å². The fourth-order valence-corrected chi connectivity index (χ4v) is 2.75. The van der Waals surface area contributed by atoms with Crippen molar-refractivity contribution in [1.82, 2.24) is 5.48 Å². The van der Waals surface area contributed by atoms with Crippen LogP contribution in [-0.2, 0) is 15.1 Å². The van der Waals surface area contributed by atoms with Gasteiger partial charge in [-0.1, -0.05) is 18.2 Å². The zero-order valence-corrected chi connectivity index (χ0v) is 9.07. The Bertz CT molecular complexity index is 412. The monoisotopic (exact) mass is 223 g/mol. The zero-order chi connectivity index (χ0) is 11.2. The largest absolute Gasteiger partial charge is 0.376 e. The molecule has 3 atom stereocenters. The van der Waals surface area contributed by atoms with Gasteiger partial charge in [0, 0.05) is 11.5 Å². The van der Waals surface area contributed by atoms with Crippen molar-refractivity contribution in [3.8, 4) is 0 Å². The van der Waals surface area contributed by atoms with E-state index in [1.54, 1.807) is 12.1 Å². The first-order valence-electron chi connectivity index (χ1n) is 5.50. The van der Waals surface area contributed by atoms with Crippen molar-refractivity contribution < 1.29 is 14.0 Å². The molecule has 0 radical (unpaired) electrons. The fourth-order valence-electron chi connectivity index (χ4n) is 2.75. The SMILES string of the molecule is C[C@H]1OC[C@H]2CON[C@]21c1ccccc1F. The normalized spacial score (nSPS) is 37.6. The van der Waals surface area contributed by atoms with Crippen LogP contribution < -0.4 is 5.48 Å². The minimum atomic E-state index is -0.522. The third kappa shape index (κ3) is 1.18. The second-order valence-electron chi connectivity index (χ2n) is 4.43. The lowest BCUT2D eigenvalue weighted by molar-refractivity contribution is -0.00956. The van der Waals surface area contributed by atoms with Gasteiger partial charge in [-0.15, -0.1) is 0 Å². The van der Waals surface area contributed by atoms with Crippen LogP contribution in [0.2, 0.25) is 0 Å². The van der Waals surface area contributed by atoms with Gasteiger partial charge in [0.1, 0.15) is 11.4 Å². The van der Waals surface area contributed by atoms with Gasteiger partial charge in [-0.2, -0.15) is 5.48 Å². The molecule has 1 N–H and O–H groups in total. The van der Waals surface area contributed by atoms with Crippen molar-refractivity contribution in [2.75, 3.05) is 13.2 Å². The lowest BCUT2D eigenvalue weighted by Crippen LogP contribution is -2.47. The highest BCUT2D eigenvalue weighted by Gasteiger charge is 2.55. The van der Waals surface area contributed by atoms with Gasteiger partial charge in [-0.05, 0) is 13.0 Å². The number of rotatable bonds is 1. The van der Waals surface area contributed by atoms with Gasteiger partial charge in [0.05, 0.1) is 19.3 Å². The highest BCUT2D eigenvalue weighted by Crippen LogP contribution is 2.44. The molecule has 2 fully saturated rings. The van der Waals surface area contributed by atoms with Crippen LogP contribution in [0.5, 0.6) is 0 Å². The molecule has 3 nitrogen and oxygen atoms in total. The van der Waals surface area contributed by atoms with E-state index < -0.39 is 5.54 Å². The molecule has 86 valence electrons. The number of benzene rings is 1.